The first-order valence-electron chi connectivity index (χ1n) is 7.96. The van der Waals surface area contributed by atoms with Gasteiger partial charge in [0.05, 0.1) is 11.3 Å². The van der Waals surface area contributed by atoms with E-state index in [1.54, 1.807) is 6.07 Å². The summed E-state index contributed by atoms with van der Waals surface area (Å²) < 4.78 is 5.51. The second kappa shape index (κ2) is 6.53. The van der Waals surface area contributed by atoms with E-state index in [2.05, 4.69) is 4.99 Å². The molecule has 1 aromatic rings. The van der Waals surface area contributed by atoms with Crippen molar-refractivity contribution in [3.05, 3.63) is 34.9 Å². The topological polar surface area (TPSA) is 102 Å². The van der Waals surface area contributed by atoms with Crippen LogP contribution >= 0.6 is 11.6 Å². The molecule has 1 aliphatic carbocycles. The third-order valence-corrected chi connectivity index (χ3v) is 4.94. The van der Waals surface area contributed by atoms with E-state index in [4.69, 9.17) is 27.2 Å². The lowest BCUT2D eigenvalue weighted by Crippen LogP contribution is -2.57. The number of rotatable bonds is 4. The predicted octanol–water partition coefficient (Wildman–Crippen LogP) is 2.28. The van der Waals surface area contributed by atoms with Crippen molar-refractivity contribution in [1.82, 2.24) is 0 Å². The monoisotopic (exact) mass is 350 g/mol. The standard InChI is InChI=1S/C17H19ClN2O4/c18-11-5-2-1-4-10(11)17(19)9-3-6-13-15(17)20-12(16(23)24-13)7-8-14(21)22/h1-2,4-5,12-13H,3,6-9,19H2,(H,21,22)/t12-,13-,17-/m1/s1. The molecule has 0 aromatic heterocycles. The van der Waals surface area contributed by atoms with Gasteiger partial charge >= 0.3 is 11.9 Å². The number of aliphatic imine (C=N–C) groups is 1. The molecule has 0 radical (unpaired) electrons. The summed E-state index contributed by atoms with van der Waals surface area (Å²) in [5, 5.41) is 9.38. The Kier molecular flexibility index (Phi) is 4.60. The van der Waals surface area contributed by atoms with Crippen LogP contribution in [0.3, 0.4) is 0 Å². The van der Waals surface area contributed by atoms with Crippen molar-refractivity contribution >= 4 is 29.3 Å². The molecule has 0 saturated heterocycles. The number of carboxylic acid groups (broad SMARTS) is 1. The minimum absolute atomic E-state index is 0.100. The van der Waals surface area contributed by atoms with Crippen LogP contribution in [0, 0.1) is 0 Å². The van der Waals surface area contributed by atoms with Gasteiger partial charge in [-0.15, -0.1) is 0 Å². The molecule has 0 spiro atoms. The normalized spacial score (nSPS) is 29.4. The summed E-state index contributed by atoms with van der Waals surface area (Å²) in [5.41, 5.74) is 7.13. The molecule has 3 N–H and O–H groups in total. The molecule has 24 heavy (non-hydrogen) atoms. The van der Waals surface area contributed by atoms with Gasteiger partial charge in [0.1, 0.15) is 12.1 Å². The summed E-state index contributed by atoms with van der Waals surface area (Å²) in [6, 6.07) is 6.49. The van der Waals surface area contributed by atoms with Gasteiger partial charge in [-0.05, 0) is 37.3 Å². The van der Waals surface area contributed by atoms with Gasteiger partial charge in [0.25, 0.3) is 0 Å². The first-order chi connectivity index (χ1) is 11.4. The number of carboxylic acids is 1. The van der Waals surface area contributed by atoms with Crippen LogP contribution in [0.25, 0.3) is 0 Å². The molecule has 1 heterocycles. The highest BCUT2D eigenvalue weighted by Gasteiger charge is 2.47. The molecule has 2 aliphatic rings. The van der Waals surface area contributed by atoms with Crippen molar-refractivity contribution in [2.24, 2.45) is 10.7 Å². The van der Waals surface area contributed by atoms with Crippen molar-refractivity contribution in [1.29, 1.82) is 0 Å². The van der Waals surface area contributed by atoms with Gasteiger partial charge in [0.15, 0.2) is 0 Å². The number of carbonyl (C=O) groups excluding carboxylic acids is 1. The Hall–Kier alpha value is -1.92. The predicted molar refractivity (Wildman–Crippen MR) is 89.1 cm³/mol. The number of benzene rings is 1. The first kappa shape index (κ1) is 16.9. The van der Waals surface area contributed by atoms with Crippen molar-refractivity contribution < 1.29 is 19.4 Å². The lowest BCUT2D eigenvalue weighted by molar-refractivity contribution is -0.150. The number of aliphatic carboxylic acids is 1. The van der Waals surface area contributed by atoms with E-state index in [0.29, 0.717) is 23.6 Å². The number of hydrogen-bond donors (Lipinski definition) is 2. The second-order valence-electron chi connectivity index (χ2n) is 6.23. The zero-order chi connectivity index (χ0) is 17.3. The molecule has 3 atom stereocenters. The largest absolute Gasteiger partial charge is 0.481 e. The van der Waals surface area contributed by atoms with Crippen molar-refractivity contribution in [2.45, 2.75) is 49.8 Å². The van der Waals surface area contributed by atoms with Crippen LogP contribution in [0.1, 0.15) is 37.7 Å². The van der Waals surface area contributed by atoms with Gasteiger partial charge in [-0.1, -0.05) is 29.8 Å². The third kappa shape index (κ3) is 3.03. The van der Waals surface area contributed by atoms with Gasteiger partial charge < -0.3 is 15.6 Å². The van der Waals surface area contributed by atoms with Crippen LogP contribution < -0.4 is 5.73 Å². The molecule has 1 fully saturated rings. The fraction of sp³-hybridized carbons (Fsp3) is 0.471. The van der Waals surface area contributed by atoms with Gasteiger partial charge in [0, 0.05) is 11.4 Å². The first-order valence-corrected chi connectivity index (χ1v) is 8.34. The maximum Gasteiger partial charge on any atom is 0.331 e. The van der Waals surface area contributed by atoms with Gasteiger partial charge in [-0.2, -0.15) is 0 Å². The van der Waals surface area contributed by atoms with E-state index in [-0.39, 0.29) is 12.8 Å². The zero-order valence-electron chi connectivity index (χ0n) is 13.1. The highest BCUT2D eigenvalue weighted by atomic mass is 35.5. The highest BCUT2D eigenvalue weighted by Crippen LogP contribution is 2.39. The maximum absolute atomic E-state index is 12.1. The van der Waals surface area contributed by atoms with Crippen LogP contribution in [0.4, 0.5) is 0 Å². The fourth-order valence-electron chi connectivity index (χ4n) is 3.41. The minimum Gasteiger partial charge on any atom is -0.481 e. The van der Waals surface area contributed by atoms with E-state index in [0.717, 1.165) is 12.0 Å². The van der Waals surface area contributed by atoms with Crippen LogP contribution in [-0.2, 0) is 19.9 Å². The number of ether oxygens (including phenoxy) is 1. The highest BCUT2D eigenvalue weighted by molar-refractivity contribution is 6.32. The zero-order valence-corrected chi connectivity index (χ0v) is 13.8. The Morgan fingerprint density at radius 1 is 1.46 bits per heavy atom. The average molecular weight is 351 g/mol. The molecule has 1 aromatic carbocycles. The number of fused-ring (bicyclic) bond motifs is 1. The SMILES string of the molecule is N[C@@]1(c2ccccc2Cl)CCC[C@H]2OC(=O)[C@@H](CCC(=O)O)N=C21. The van der Waals surface area contributed by atoms with Crippen molar-refractivity contribution in [3.8, 4) is 0 Å². The maximum atomic E-state index is 12.1. The summed E-state index contributed by atoms with van der Waals surface area (Å²) >= 11 is 6.33. The number of carbonyl (C=O) groups is 2. The number of nitrogens with two attached hydrogens (primary N) is 1. The molecule has 0 unspecified atom stereocenters. The molecule has 128 valence electrons. The fourth-order valence-corrected chi connectivity index (χ4v) is 3.71. The molecule has 7 heteroatoms. The number of esters is 1. The van der Waals surface area contributed by atoms with E-state index >= 15 is 0 Å². The molecule has 0 amide bonds. The summed E-state index contributed by atoms with van der Waals surface area (Å²) in [6.45, 7) is 0. The van der Waals surface area contributed by atoms with Gasteiger partial charge in [0.2, 0.25) is 0 Å². The van der Waals surface area contributed by atoms with Crippen LogP contribution in [0.15, 0.2) is 29.3 Å². The number of nitrogens with zero attached hydrogens (tertiary/aromatic N) is 1. The van der Waals surface area contributed by atoms with Crippen LogP contribution in [-0.4, -0.2) is 34.9 Å². The molecule has 6 nitrogen and oxygen atoms in total. The van der Waals surface area contributed by atoms with Crippen molar-refractivity contribution in [3.63, 3.8) is 0 Å². The smallest absolute Gasteiger partial charge is 0.331 e. The molecule has 1 aliphatic heterocycles. The second-order valence-corrected chi connectivity index (χ2v) is 6.64. The number of hydrogen-bond acceptors (Lipinski definition) is 5. The molecular weight excluding hydrogens is 332 g/mol. The Bertz CT molecular complexity index is 706. The summed E-state index contributed by atoms with van der Waals surface area (Å²) in [5.74, 6) is -1.45. The molecule has 0 bridgehead atoms. The van der Waals surface area contributed by atoms with Gasteiger partial charge in [-0.3, -0.25) is 9.79 Å². The van der Waals surface area contributed by atoms with Crippen LogP contribution in [0.2, 0.25) is 5.02 Å². The van der Waals surface area contributed by atoms with E-state index in [9.17, 15) is 9.59 Å². The Balaban J connectivity index is 1.99. The Labute approximate surface area is 144 Å². The summed E-state index contributed by atoms with van der Waals surface area (Å²) in [4.78, 5) is 27.4. The Morgan fingerprint density at radius 2 is 2.21 bits per heavy atom. The van der Waals surface area contributed by atoms with E-state index < -0.39 is 29.6 Å². The minimum atomic E-state index is -0.973. The van der Waals surface area contributed by atoms with Crippen LogP contribution in [0.5, 0.6) is 0 Å². The number of halogens is 1. The van der Waals surface area contributed by atoms with E-state index in [1.165, 1.54) is 0 Å². The Morgan fingerprint density at radius 3 is 2.92 bits per heavy atom. The lowest BCUT2D eigenvalue weighted by Gasteiger charge is -2.42. The summed E-state index contributed by atoms with van der Waals surface area (Å²) in [6.07, 6.45) is 1.59. The quantitative estimate of drug-likeness (QED) is 0.811. The average Bonchev–Trinajstić information content (AvgIpc) is 2.53. The van der Waals surface area contributed by atoms with E-state index in [1.807, 2.05) is 18.2 Å². The molecule has 1 saturated carbocycles. The molecular formula is C17H19ClN2O4. The third-order valence-electron chi connectivity index (χ3n) is 4.61. The molecule has 3 rings (SSSR count). The lowest BCUT2D eigenvalue weighted by atomic mass is 9.73. The summed E-state index contributed by atoms with van der Waals surface area (Å²) in [7, 11) is 0. The van der Waals surface area contributed by atoms with Gasteiger partial charge in [-0.25, -0.2) is 4.79 Å². The van der Waals surface area contributed by atoms with Crippen molar-refractivity contribution in [2.75, 3.05) is 0 Å².